The molecule has 5 nitrogen and oxygen atoms in total. The normalized spacial score (nSPS) is 14.8. The van der Waals surface area contributed by atoms with Gasteiger partial charge in [-0.2, -0.15) is 4.98 Å². The second-order valence-corrected chi connectivity index (χ2v) is 3.91. The molecule has 3 heterocycles. The first-order valence-corrected chi connectivity index (χ1v) is 5.57. The van der Waals surface area contributed by atoms with Crippen LogP contribution < -0.4 is 10.5 Å². The monoisotopic (exact) mass is 218 g/mol. The number of fused-ring (bicyclic) bond motifs is 3. The molecule has 2 aromatic rings. The summed E-state index contributed by atoms with van der Waals surface area (Å²) in [5.41, 5.74) is 8.65. The van der Waals surface area contributed by atoms with E-state index in [1.54, 1.807) is 6.20 Å². The Morgan fingerprint density at radius 3 is 3.31 bits per heavy atom. The summed E-state index contributed by atoms with van der Waals surface area (Å²) in [6.07, 6.45) is 3.59. The summed E-state index contributed by atoms with van der Waals surface area (Å²) in [6.45, 7) is 2.31. The predicted octanol–water partition coefficient (Wildman–Crippen LogP) is 0.715. The highest BCUT2D eigenvalue weighted by Crippen LogP contribution is 2.26. The van der Waals surface area contributed by atoms with Crippen molar-refractivity contribution in [1.29, 1.82) is 0 Å². The Morgan fingerprint density at radius 2 is 2.44 bits per heavy atom. The third-order valence-electron chi connectivity index (χ3n) is 2.83. The van der Waals surface area contributed by atoms with E-state index in [9.17, 15) is 0 Å². The second kappa shape index (κ2) is 3.75. The van der Waals surface area contributed by atoms with Crippen molar-refractivity contribution in [2.45, 2.75) is 19.4 Å². The molecule has 0 saturated heterocycles. The van der Waals surface area contributed by atoms with E-state index in [0.717, 1.165) is 42.7 Å². The highest BCUT2D eigenvalue weighted by molar-refractivity contribution is 5.79. The average Bonchev–Trinajstić information content (AvgIpc) is 2.68. The van der Waals surface area contributed by atoms with Crippen molar-refractivity contribution >= 4 is 11.0 Å². The molecule has 0 spiro atoms. The molecule has 0 aliphatic carbocycles. The van der Waals surface area contributed by atoms with E-state index in [4.69, 9.17) is 10.5 Å². The Morgan fingerprint density at radius 1 is 1.50 bits per heavy atom. The highest BCUT2D eigenvalue weighted by atomic mass is 16.5. The number of nitrogens with zero attached hydrogens (tertiary/aromatic N) is 3. The Labute approximate surface area is 93.2 Å². The van der Waals surface area contributed by atoms with Gasteiger partial charge in [0.1, 0.15) is 0 Å². The van der Waals surface area contributed by atoms with E-state index in [0.29, 0.717) is 12.6 Å². The summed E-state index contributed by atoms with van der Waals surface area (Å²) >= 11 is 0. The summed E-state index contributed by atoms with van der Waals surface area (Å²) in [5, 5.41) is 0. The summed E-state index contributed by atoms with van der Waals surface area (Å²) in [6, 6.07) is 2.64. The van der Waals surface area contributed by atoms with Crippen molar-refractivity contribution in [3.05, 3.63) is 18.0 Å². The predicted molar refractivity (Wildman–Crippen MR) is 60.4 cm³/mol. The van der Waals surface area contributed by atoms with Gasteiger partial charge in [0.2, 0.25) is 0 Å². The molecule has 3 rings (SSSR count). The van der Waals surface area contributed by atoms with Crippen molar-refractivity contribution < 1.29 is 4.74 Å². The minimum absolute atomic E-state index is 0.605. The second-order valence-electron chi connectivity index (χ2n) is 3.91. The minimum Gasteiger partial charge on any atom is -0.465 e. The van der Waals surface area contributed by atoms with Gasteiger partial charge in [0.25, 0.3) is 6.01 Å². The van der Waals surface area contributed by atoms with E-state index < -0.39 is 0 Å². The molecular formula is C11H14N4O. The maximum absolute atomic E-state index is 5.60. The minimum atomic E-state index is 0.605. The first-order chi connectivity index (χ1) is 7.90. The molecule has 2 N–H and O–H groups in total. The van der Waals surface area contributed by atoms with Crippen molar-refractivity contribution in [1.82, 2.24) is 14.5 Å². The number of hydrogen-bond acceptors (Lipinski definition) is 4. The van der Waals surface area contributed by atoms with Gasteiger partial charge in [0.05, 0.1) is 23.3 Å². The van der Waals surface area contributed by atoms with Crippen molar-refractivity contribution in [3.63, 3.8) is 0 Å². The molecule has 0 aromatic carbocycles. The van der Waals surface area contributed by atoms with Crippen LogP contribution in [0.15, 0.2) is 12.3 Å². The van der Waals surface area contributed by atoms with Gasteiger partial charge in [-0.05, 0) is 19.0 Å². The fourth-order valence-corrected chi connectivity index (χ4v) is 2.15. The first-order valence-electron chi connectivity index (χ1n) is 5.57. The molecule has 0 bridgehead atoms. The Kier molecular flexibility index (Phi) is 2.25. The average molecular weight is 218 g/mol. The lowest BCUT2D eigenvalue weighted by Crippen LogP contribution is -2.15. The SMILES string of the molecule is NCCc1nccc2nc3n(c12)CCCO3. The number of nitrogens with two attached hydrogens (primary N) is 1. The van der Waals surface area contributed by atoms with Gasteiger partial charge in [-0.15, -0.1) is 0 Å². The van der Waals surface area contributed by atoms with Crippen molar-refractivity contribution in [3.8, 4) is 6.01 Å². The summed E-state index contributed by atoms with van der Waals surface area (Å²) in [7, 11) is 0. The Hall–Kier alpha value is -1.62. The topological polar surface area (TPSA) is 66.0 Å². The van der Waals surface area contributed by atoms with Gasteiger partial charge in [0.15, 0.2) is 0 Å². The van der Waals surface area contributed by atoms with E-state index >= 15 is 0 Å². The molecule has 0 fully saturated rings. The Bertz CT molecular complexity index is 520. The lowest BCUT2D eigenvalue weighted by Gasteiger charge is -2.15. The van der Waals surface area contributed by atoms with Crippen LogP contribution in [-0.4, -0.2) is 27.7 Å². The van der Waals surface area contributed by atoms with E-state index in [-0.39, 0.29) is 0 Å². The summed E-state index contributed by atoms with van der Waals surface area (Å²) in [5.74, 6) is 0. The van der Waals surface area contributed by atoms with Crippen LogP contribution in [0.4, 0.5) is 0 Å². The zero-order valence-corrected chi connectivity index (χ0v) is 9.02. The molecule has 0 saturated carbocycles. The molecule has 0 radical (unpaired) electrons. The van der Waals surface area contributed by atoms with Crippen LogP contribution in [0.1, 0.15) is 12.1 Å². The van der Waals surface area contributed by atoms with E-state index in [1.807, 2.05) is 6.07 Å². The summed E-state index contributed by atoms with van der Waals surface area (Å²) in [4.78, 5) is 8.84. The molecule has 0 amide bonds. The zero-order valence-electron chi connectivity index (χ0n) is 9.02. The molecule has 5 heteroatoms. The van der Waals surface area contributed by atoms with Gasteiger partial charge in [0, 0.05) is 19.2 Å². The maximum atomic E-state index is 5.60. The number of hydrogen-bond donors (Lipinski definition) is 1. The molecule has 84 valence electrons. The highest BCUT2D eigenvalue weighted by Gasteiger charge is 2.18. The number of aromatic nitrogens is 3. The smallest absolute Gasteiger partial charge is 0.297 e. The van der Waals surface area contributed by atoms with Gasteiger partial charge in [-0.3, -0.25) is 9.55 Å². The fraction of sp³-hybridized carbons (Fsp3) is 0.455. The third kappa shape index (κ3) is 1.36. The molecule has 2 aromatic heterocycles. The van der Waals surface area contributed by atoms with Crippen LogP contribution in [0.3, 0.4) is 0 Å². The first kappa shape index (κ1) is 9.59. The Balaban J connectivity index is 2.23. The molecular weight excluding hydrogens is 204 g/mol. The molecule has 0 atom stereocenters. The van der Waals surface area contributed by atoms with Crippen LogP contribution in [0.5, 0.6) is 6.01 Å². The van der Waals surface area contributed by atoms with E-state index in [2.05, 4.69) is 14.5 Å². The fourth-order valence-electron chi connectivity index (χ4n) is 2.15. The number of aryl methyl sites for hydroxylation is 1. The standard InChI is InChI=1S/C11H14N4O/c12-4-2-8-10-9(3-5-13-8)14-11-15(10)6-1-7-16-11/h3,5H,1-2,4,6-7,12H2. The number of ether oxygens (including phenoxy) is 1. The quantitative estimate of drug-likeness (QED) is 0.806. The van der Waals surface area contributed by atoms with Crippen LogP contribution in [0.2, 0.25) is 0 Å². The molecule has 1 aliphatic rings. The number of imidazole rings is 1. The van der Waals surface area contributed by atoms with Gasteiger partial charge in [-0.25, -0.2) is 0 Å². The third-order valence-corrected chi connectivity index (χ3v) is 2.83. The lowest BCUT2D eigenvalue weighted by atomic mass is 10.2. The van der Waals surface area contributed by atoms with Gasteiger partial charge >= 0.3 is 0 Å². The summed E-state index contributed by atoms with van der Waals surface area (Å²) < 4.78 is 7.64. The molecule has 16 heavy (non-hydrogen) atoms. The molecule has 1 aliphatic heterocycles. The number of rotatable bonds is 2. The van der Waals surface area contributed by atoms with Gasteiger partial charge in [-0.1, -0.05) is 0 Å². The van der Waals surface area contributed by atoms with Crippen molar-refractivity contribution in [2.75, 3.05) is 13.2 Å². The lowest BCUT2D eigenvalue weighted by molar-refractivity contribution is 0.233. The van der Waals surface area contributed by atoms with Crippen LogP contribution in [0.25, 0.3) is 11.0 Å². The van der Waals surface area contributed by atoms with E-state index in [1.165, 1.54) is 0 Å². The van der Waals surface area contributed by atoms with Gasteiger partial charge < -0.3 is 10.5 Å². The largest absolute Gasteiger partial charge is 0.465 e. The van der Waals surface area contributed by atoms with Crippen molar-refractivity contribution in [2.24, 2.45) is 5.73 Å². The number of pyridine rings is 1. The van der Waals surface area contributed by atoms with Crippen LogP contribution in [0, 0.1) is 0 Å². The van der Waals surface area contributed by atoms with Crippen LogP contribution >= 0.6 is 0 Å². The maximum Gasteiger partial charge on any atom is 0.297 e. The zero-order chi connectivity index (χ0) is 11.0. The van der Waals surface area contributed by atoms with Crippen LogP contribution in [-0.2, 0) is 13.0 Å². The molecule has 0 unspecified atom stereocenters.